The monoisotopic (exact) mass is 237 g/mol. The smallest absolute Gasteiger partial charge is 0.331 e. The third-order valence-corrected chi connectivity index (χ3v) is 2.54. The number of aryl methyl sites for hydroxylation is 2. The van der Waals surface area contributed by atoms with Crippen molar-refractivity contribution in [2.45, 2.75) is 26.7 Å². The lowest BCUT2D eigenvalue weighted by atomic mass is 10.2. The number of nitrogens with one attached hydrogen (secondary N) is 1. The lowest BCUT2D eigenvalue weighted by Gasteiger charge is -2.03. The summed E-state index contributed by atoms with van der Waals surface area (Å²) >= 11 is 0. The molecular formula is C12H19N3O2. The molecule has 0 unspecified atom stereocenters. The van der Waals surface area contributed by atoms with E-state index < -0.39 is 5.97 Å². The molecule has 2 N–H and O–H groups in total. The molecule has 94 valence electrons. The third kappa shape index (κ3) is 3.62. The average Bonchev–Trinajstić information content (AvgIpc) is 2.64. The summed E-state index contributed by atoms with van der Waals surface area (Å²) in [6.45, 7) is 4.38. The van der Waals surface area contributed by atoms with Gasteiger partial charge >= 0.3 is 5.97 Å². The third-order valence-electron chi connectivity index (χ3n) is 2.54. The van der Waals surface area contributed by atoms with Crippen LogP contribution in [-0.2, 0) is 18.3 Å². The van der Waals surface area contributed by atoms with Crippen LogP contribution in [0, 0.1) is 0 Å². The number of carbonyl (C=O) groups is 1. The number of anilines is 1. The molecule has 0 aliphatic rings. The maximum Gasteiger partial charge on any atom is 0.331 e. The zero-order chi connectivity index (χ0) is 12.8. The molecule has 1 heterocycles. The Morgan fingerprint density at radius 1 is 1.59 bits per heavy atom. The Morgan fingerprint density at radius 2 is 2.29 bits per heavy atom. The molecule has 5 heteroatoms. The number of rotatable bonds is 6. The average molecular weight is 237 g/mol. The van der Waals surface area contributed by atoms with E-state index in [-0.39, 0.29) is 0 Å². The summed E-state index contributed by atoms with van der Waals surface area (Å²) < 4.78 is 1.75. The molecule has 0 bridgehead atoms. The van der Waals surface area contributed by atoms with Crippen LogP contribution in [0.3, 0.4) is 0 Å². The highest BCUT2D eigenvalue weighted by Crippen LogP contribution is 2.13. The molecule has 0 aliphatic heterocycles. The molecule has 5 nitrogen and oxygen atoms in total. The number of carboxylic acid groups (broad SMARTS) is 1. The van der Waals surface area contributed by atoms with Crippen molar-refractivity contribution in [3.8, 4) is 0 Å². The van der Waals surface area contributed by atoms with Crippen LogP contribution in [-0.4, -0.2) is 27.4 Å². The minimum absolute atomic E-state index is 0.430. The van der Waals surface area contributed by atoms with Gasteiger partial charge in [0.2, 0.25) is 0 Å². The molecule has 0 fully saturated rings. The first-order valence-electron chi connectivity index (χ1n) is 5.77. The molecule has 0 amide bonds. The van der Waals surface area contributed by atoms with Gasteiger partial charge in [0.15, 0.2) is 0 Å². The molecule has 0 radical (unpaired) electrons. The summed E-state index contributed by atoms with van der Waals surface area (Å²) in [5, 5.41) is 16.3. The Morgan fingerprint density at radius 3 is 2.82 bits per heavy atom. The van der Waals surface area contributed by atoms with Crippen LogP contribution in [0.1, 0.15) is 26.0 Å². The molecule has 0 aromatic carbocycles. The van der Waals surface area contributed by atoms with Crippen molar-refractivity contribution in [2.24, 2.45) is 7.05 Å². The van der Waals surface area contributed by atoms with Crippen molar-refractivity contribution in [2.75, 3.05) is 11.9 Å². The minimum Gasteiger partial charge on any atom is -0.478 e. The van der Waals surface area contributed by atoms with E-state index in [4.69, 9.17) is 5.11 Å². The Labute approximate surface area is 101 Å². The topological polar surface area (TPSA) is 67.2 Å². The fraction of sp³-hybridized carbons (Fsp3) is 0.500. The van der Waals surface area contributed by atoms with Crippen LogP contribution in [0.2, 0.25) is 0 Å². The quantitative estimate of drug-likeness (QED) is 0.740. The van der Waals surface area contributed by atoms with E-state index in [0.717, 1.165) is 17.8 Å². The van der Waals surface area contributed by atoms with Crippen LogP contribution in [0.5, 0.6) is 0 Å². The number of aromatic nitrogens is 2. The molecular weight excluding hydrogens is 218 g/mol. The summed E-state index contributed by atoms with van der Waals surface area (Å²) in [5.41, 5.74) is 2.39. The maximum absolute atomic E-state index is 10.8. The van der Waals surface area contributed by atoms with Gasteiger partial charge in [-0.15, -0.1) is 0 Å². The Bertz CT molecular complexity index is 421. The number of nitrogens with zero attached hydrogens (tertiary/aromatic N) is 2. The molecule has 17 heavy (non-hydrogen) atoms. The van der Waals surface area contributed by atoms with E-state index in [9.17, 15) is 4.79 Å². The van der Waals surface area contributed by atoms with Crippen LogP contribution in [0.25, 0.3) is 0 Å². The van der Waals surface area contributed by atoms with Gasteiger partial charge in [-0.05, 0) is 12.8 Å². The summed E-state index contributed by atoms with van der Waals surface area (Å²) in [4.78, 5) is 10.8. The van der Waals surface area contributed by atoms with E-state index in [1.807, 2.05) is 27.1 Å². The molecule has 0 saturated heterocycles. The van der Waals surface area contributed by atoms with Crippen LogP contribution >= 0.6 is 0 Å². The second-order valence-corrected chi connectivity index (χ2v) is 3.79. The summed E-state index contributed by atoms with van der Waals surface area (Å²) in [6.07, 6.45) is 4.99. The van der Waals surface area contributed by atoms with Crippen molar-refractivity contribution in [3.63, 3.8) is 0 Å². The largest absolute Gasteiger partial charge is 0.478 e. The zero-order valence-corrected chi connectivity index (χ0v) is 10.5. The lowest BCUT2D eigenvalue weighted by Crippen LogP contribution is -2.05. The predicted molar refractivity (Wildman–Crippen MR) is 67.1 cm³/mol. The van der Waals surface area contributed by atoms with Gasteiger partial charge in [0.1, 0.15) is 0 Å². The SMILES string of the molecule is CCC(=CCNc1cn(C)nc1CC)C(=O)O. The van der Waals surface area contributed by atoms with Crippen molar-refractivity contribution >= 4 is 11.7 Å². The van der Waals surface area contributed by atoms with Gasteiger partial charge in [-0.3, -0.25) is 4.68 Å². The fourth-order valence-corrected chi connectivity index (χ4v) is 1.61. The van der Waals surface area contributed by atoms with Gasteiger partial charge in [-0.1, -0.05) is 19.9 Å². The lowest BCUT2D eigenvalue weighted by molar-refractivity contribution is -0.132. The van der Waals surface area contributed by atoms with E-state index in [1.165, 1.54) is 0 Å². The Balaban J connectivity index is 2.64. The van der Waals surface area contributed by atoms with Gasteiger partial charge < -0.3 is 10.4 Å². The van der Waals surface area contributed by atoms with E-state index >= 15 is 0 Å². The summed E-state index contributed by atoms with van der Waals surface area (Å²) in [7, 11) is 1.87. The van der Waals surface area contributed by atoms with Crippen LogP contribution in [0.4, 0.5) is 5.69 Å². The van der Waals surface area contributed by atoms with Crippen LogP contribution in [0.15, 0.2) is 17.8 Å². The second-order valence-electron chi connectivity index (χ2n) is 3.79. The van der Waals surface area contributed by atoms with E-state index in [1.54, 1.807) is 10.8 Å². The standard InChI is InChI=1S/C12H19N3O2/c1-4-9(12(16)17)6-7-13-11-8-15(3)14-10(11)5-2/h6,8,13H,4-5,7H2,1-3H3,(H,16,17). The van der Waals surface area contributed by atoms with E-state index in [0.29, 0.717) is 18.5 Å². The number of hydrogen-bond donors (Lipinski definition) is 2. The molecule has 0 saturated carbocycles. The van der Waals surface area contributed by atoms with Crippen LogP contribution < -0.4 is 5.32 Å². The highest BCUT2D eigenvalue weighted by Gasteiger charge is 2.05. The van der Waals surface area contributed by atoms with Gasteiger partial charge in [0.25, 0.3) is 0 Å². The molecule has 0 atom stereocenters. The Kier molecular flexibility index (Phi) is 4.75. The van der Waals surface area contributed by atoms with Crippen molar-refractivity contribution < 1.29 is 9.90 Å². The maximum atomic E-state index is 10.8. The van der Waals surface area contributed by atoms with Gasteiger partial charge in [-0.25, -0.2) is 4.79 Å². The molecule has 1 rings (SSSR count). The molecule has 0 spiro atoms. The molecule has 1 aromatic heterocycles. The zero-order valence-electron chi connectivity index (χ0n) is 10.5. The normalized spacial score (nSPS) is 11.6. The highest BCUT2D eigenvalue weighted by atomic mass is 16.4. The summed E-state index contributed by atoms with van der Waals surface area (Å²) in [6, 6.07) is 0. The minimum atomic E-state index is -0.851. The molecule has 0 aliphatic carbocycles. The first kappa shape index (κ1) is 13.3. The molecule has 1 aromatic rings. The first-order chi connectivity index (χ1) is 8.08. The van der Waals surface area contributed by atoms with Crippen molar-refractivity contribution in [1.82, 2.24) is 9.78 Å². The van der Waals surface area contributed by atoms with Crippen molar-refractivity contribution in [3.05, 3.63) is 23.5 Å². The summed E-state index contributed by atoms with van der Waals surface area (Å²) in [5.74, 6) is -0.851. The predicted octanol–water partition coefficient (Wildman–Crippen LogP) is 1.82. The number of aliphatic carboxylic acids is 1. The first-order valence-corrected chi connectivity index (χ1v) is 5.77. The van der Waals surface area contributed by atoms with E-state index in [2.05, 4.69) is 10.4 Å². The Hall–Kier alpha value is -1.78. The van der Waals surface area contributed by atoms with Gasteiger partial charge in [0, 0.05) is 25.4 Å². The van der Waals surface area contributed by atoms with Crippen molar-refractivity contribution in [1.29, 1.82) is 0 Å². The van der Waals surface area contributed by atoms with Gasteiger partial charge in [-0.2, -0.15) is 5.10 Å². The highest BCUT2D eigenvalue weighted by molar-refractivity contribution is 5.86. The fourth-order valence-electron chi connectivity index (χ4n) is 1.61. The van der Waals surface area contributed by atoms with Gasteiger partial charge in [0.05, 0.1) is 11.4 Å². The number of hydrogen-bond acceptors (Lipinski definition) is 3. The number of carboxylic acids is 1. The second kappa shape index (κ2) is 6.08.